The first-order chi connectivity index (χ1) is 8.95. The summed E-state index contributed by atoms with van der Waals surface area (Å²) in [6.45, 7) is 4.24. The molecule has 0 radical (unpaired) electrons. The van der Waals surface area contributed by atoms with Gasteiger partial charge < -0.3 is 14.4 Å². The fourth-order valence-corrected chi connectivity index (χ4v) is 2.12. The number of benzene rings is 1. The average Bonchev–Trinajstić information content (AvgIpc) is 2.45. The Bertz CT molecular complexity index is 476. The highest BCUT2D eigenvalue weighted by Crippen LogP contribution is 2.31. The maximum atomic E-state index is 12.4. The Morgan fingerprint density at radius 3 is 2.68 bits per heavy atom. The first-order valence-corrected chi connectivity index (χ1v) is 7.30. The quantitative estimate of drug-likeness (QED) is 0.800. The first kappa shape index (κ1) is 14.2. The van der Waals surface area contributed by atoms with Gasteiger partial charge in [-0.25, -0.2) is 0 Å². The highest BCUT2D eigenvalue weighted by Gasteiger charge is 2.35. The fraction of sp³-hybridized carbons (Fsp3) is 0.500. The van der Waals surface area contributed by atoms with E-state index in [2.05, 4.69) is 15.9 Å². The minimum absolute atomic E-state index is 0.0704. The molecule has 0 aliphatic carbocycles. The van der Waals surface area contributed by atoms with E-state index >= 15 is 0 Å². The van der Waals surface area contributed by atoms with Gasteiger partial charge in [-0.3, -0.25) is 4.79 Å². The molecule has 2 rings (SSSR count). The third-order valence-electron chi connectivity index (χ3n) is 3.35. The maximum Gasteiger partial charge on any atom is 0.267 e. The van der Waals surface area contributed by atoms with Crippen molar-refractivity contribution in [3.8, 4) is 11.5 Å². The molecule has 0 N–H and O–H groups in total. The molecular formula is C14H18BrNO3. The lowest BCUT2D eigenvalue weighted by molar-refractivity contribution is -0.144. The molecule has 1 aromatic rings. The van der Waals surface area contributed by atoms with Crippen LogP contribution in [0.15, 0.2) is 24.3 Å². The Labute approximate surface area is 121 Å². The zero-order valence-electron chi connectivity index (χ0n) is 11.4. The number of likely N-dealkylation sites (N-methyl/N-ethyl adjacent to an activating group) is 1. The summed E-state index contributed by atoms with van der Waals surface area (Å²) in [6.07, 6.45) is -0.585. The maximum absolute atomic E-state index is 12.4. The lowest BCUT2D eigenvalue weighted by atomic mass is 10.1. The SMILES string of the molecule is CN(C(=O)C1COc2ccccc2O1)C(C)(C)CBr. The van der Waals surface area contributed by atoms with Crippen LogP contribution in [-0.2, 0) is 4.79 Å². The van der Waals surface area contributed by atoms with Crippen molar-refractivity contribution in [2.45, 2.75) is 25.5 Å². The summed E-state index contributed by atoms with van der Waals surface area (Å²) < 4.78 is 11.3. The summed E-state index contributed by atoms with van der Waals surface area (Å²) >= 11 is 3.42. The molecule has 4 nitrogen and oxygen atoms in total. The van der Waals surface area contributed by atoms with E-state index in [1.165, 1.54) is 0 Å². The van der Waals surface area contributed by atoms with Crippen LogP contribution < -0.4 is 9.47 Å². The number of hydrogen-bond donors (Lipinski definition) is 0. The molecule has 0 saturated heterocycles. The third-order valence-corrected chi connectivity index (χ3v) is 4.72. The van der Waals surface area contributed by atoms with E-state index in [0.29, 0.717) is 16.8 Å². The summed E-state index contributed by atoms with van der Waals surface area (Å²) in [7, 11) is 1.79. The first-order valence-electron chi connectivity index (χ1n) is 6.18. The smallest absolute Gasteiger partial charge is 0.267 e. The molecule has 0 spiro atoms. The van der Waals surface area contributed by atoms with E-state index in [1.54, 1.807) is 11.9 Å². The molecule has 0 fully saturated rings. The Hall–Kier alpha value is -1.23. The van der Waals surface area contributed by atoms with Gasteiger partial charge in [0.05, 0.1) is 0 Å². The van der Waals surface area contributed by atoms with Crippen LogP contribution in [0, 0.1) is 0 Å². The fourth-order valence-electron chi connectivity index (χ4n) is 1.75. The molecule has 1 aliphatic rings. The molecule has 5 heteroatoms. The van der Waals surface area contributed by atoms with Gasteiger partial charge in [-0.05, 0) is 26.0 Å². The number of para-hydroxylation sites is 2. The highest BCUT2D eigenvalue weighted by molar-refractivity contribution is 9.09. The van der Waals surface area contributed by atoms with E-state index in [0.717, 1.165) is 0 Å². The van der Waals surface area contributed by atoms with Gasteiger partial charge in [0.15, 0.2) is 11.5 Å². The second-order valence-electron chi connectivity index (χ2n) is 5.21. The Balaban J connectivity index is 2.11. The summed E-state index contributed by atoms with van der Waals surface area (Å²) in [4.78, 5) is 14.1. The minimum atomic E-state index is -0.585. The second-order valence-corrected chi connectivity index (χ2v) is 5.77. The largest absolute Gasteiger partial charge is 0.485 e. The van der Waals surface area contributed by atoms with Gasteiger partial charge in [0.1, 0.15) is 6.61 Å². The minimum Gasteiger partial charge on any atom is -0.485 e. The van der Waals surface area contributed by atoms with Crippen molar-refractivity contribution in [3.63, 3.8) is 0 Å². The Morgan fingerprint density at radius 2 is 2.05 bits per heavy atom. The summed E-state index contributed by atoms with van der Waals surface area (Å²) in [5, 5.41) is 0.701. The Morgan fingerprint density at radius 1 is 1.42 bits per heavy atom. The normalized spacial score (nSPS) is 18.0. The third kappa shape index (κ3) is 2.86. The van der Waals surface area contributed by atoms with Crippen molar-refractivity contribution in [1.82, 2.24) is 4.90 Å². The molecule has 104 valence electrons. The van der Waals surface area contributed by atoms with E-state index < -0.39 is 6.10 Å². The predicted octanol–water partition coefficient (Wildman–Crippen LogP) is 2.46. The molecule has 1 aliphatic heterocycles. The van der Waals surface area contributed by atoms with Crippen LogP contribution in [0.25, 0.3) is 0 Å². The lowest BCUT2D eigenvalue weighted by Crippen LogP contribution is -2.53. The van der Waals surface area contributed by atoms with Gasteiger partial charge in [-0.1, -0.05) is 28.1 Å². The van der Waals surface area contributed by atoms with Crippen LogP contribution in [0.1, 0.15) is 13.8 Å². The number of nitrogens with zero attached hydrogens (tertiary/aromatic N) is 1. The summed E-state index contributed by atoms with van der Waals surface area (Å²) in [6, 6.07) is 7.39. The van der Waals surface area contributed by atoms with Crippen LogP contribution in [0.4, 0.5) is 0 Å². The number of fused-ring (bicyclic) bond motifs is 1. The number of ether oxygens (including phenoxy) is 2. The molecule has 1 heterocycles. The summed E-state index contributed by atoms with van der Waals surface area (Å²) in [5.74, 6) is 1.24. The second kappa shape index (κ2) is 5.41. The van der Waals surface area contributed by atoms with E-state index in [1.807, 2.05) is 38.1 Å². The van der Waals surface area contributed by atoms with Crippen molar-refractivity contribution in [1.29, 1.82) is 0 Å². The number of carbonyl (C=O) groups excluding carboxylic acids is 1. The van der Waals surface area contributed by atoms with Crippen molar-refractivity contribution < 1.29 is 14.3 Å². The van der Waals surface area contributed by atoms with Crippen molar-refractivity contribution >= 4 is 21.8 Å². The number of halogens is 1. The van der Waals surface area contributed by atoms with E-state index in [9.17, 15) is 4.79 Å². The molecule has 19 heavy (non-hydrogen) atoms. The van der Waals surface area contributed by atoms with Crippen LogP contribution in [0.3, 0.4) is 0 Å². The van der Waals surface area contributed by atoms with Crippen LogP contribution in [-0.4, -0.2) is 41.4 Å². The van der Waals surface area contributed by atoms with Gasteiger partial charge in [0.2, 0.25) is 6.10 Å². The zero-order valence-corrected chi connectivity index (χ0v) is 12.9. The van der Waals surface area contributed by atoms with E-state index in [4.69, 9.17) is 9.47 Å². The molecule has 0 aromatic heterocycles. The van der Waals surface area contributed by atoms with Gasteiger partial charge in [-0.15, -0.1) is 0 Å². The molecule has 1 unspecified atom stereocenters. The van der Waals surface area contributed by atoms with Crippen LogP contribution in [0.2, 0.25) is 0 Å². The molecule has 0 saturated carbocycles. The number of hydrogen-bond acceptors (Lipinski definition) is 3. The zero-order chi connectivity index (χ0) is 14.0. The standard InChI is InChI=1S/C14H18BrNO3/c1-14(2,9-15)16(3)13(17)12-8-18-10-6-4-5-7-11(10)19-12/h4-7,12H,8-9H2,1-3H3. The number of amides is 1. The van der Waals surface area contributed by atoms with Gasteiger partial charge >= 0.3 is 0 Å². The predicted molar refractivity (Wildman–Crippen MR) is 77.0 cm³/mol. The van der Waals surface area contributed by atoms with Gasteiger partial charge in [-0.2, -0.15) is 0 Å². The topological polar surface area (TPSA) is 38.8 Å². The molecule has 1 atom stereocenters. The molecule has 0 bridgehead atoms. The highest BCUT2D eigenvalue weighted by atomic mass is 79.9. The van der Waals surface area contributed by atoms with Crippen LogP contribution in [0.5, 0.6) is 11.5 Å². The average molecular weight is 328 g/mol. The number of carbonyl (C=O) groups is 1. The van der Waals surface area contributed by atoms with E-state index in [-0.39, 0.29) is 18.1 Å². The molecular weight excluding hydrogens is 310 g/mol. The molecule has 1 aromatic carbocycles. The number of alkyl halides is 1. The monoisotopic (exact) mass is 327 g/mol. The lowest BCUT2D eigenvalue weighted by Gasteiger charge is -2.37. The van der Waals surface area contributed by atoms with Gasteiger partial charge in [0.25, 0.3) is 5.91 Å². The van der Waals surface area contributed by atoms with Crippen molar-refractivity contribution in [2.24, 2.45) is 0 Å². The van der Waals surface area contributed by atoms with Crippen molar-refractivity contribution in [3.05, 3.63) is 24.3 Å². The number of rotatable bonds is 3. The summed E-state index contributed by atoms with van der Waals surface area (Å²) in [5.41, 5.74) is -0.266. The van der Waals surface area contributed by atoms with Crippen molar-refractivity contribution in [2.75, 3.05) is 19.0 Å². The molecule has 1 amide bonds. The van der Waals surface area contributed by atoms with Gasteiger partial charge in [0, 0.05) is 17.9 Å². The Kier molecular flexibility index (Phi) is 4.04. The van der Waals surface area contributed by atoms with Crippen LogP contribution >= 0.6 is 15.9 Å².